The Balaban J connectivity index is 1.42. The summed E-state index contributed by atoms with van der Waals surface area (Å²) in [4.78, 5) is 27.4. The number of rotatable bonds is 5. The summed E-state index contributed by atoms with van der Waals surface area (Å²) in [5, 5.41) is 2.99. The summed E-state index contributed by atoms with van der Waals surface area (Å²) in [7, 11) is 0. The molecule has 1 aliphatic heterocycles. The number of aryl methyl sites for hydroxylation is 1. The van der Waals surface area contributed by atoms with E-state index in [0.29, 0.717) is 31.9 Å². The van der Waals surface area contributed by atoms with Crippen LogP contribution in [0.1, 0.15) is 21.7 Å². The summed E-state index contributed by atoms with van der Waals surface area (Å²) in [5.41, 5.74) is 2.32. The minimum atomic E-state index is -0.0759. The minimum absolute atomic E-state index is 0.0454. The maximum atomic E-state index is 12.2. The van der Waals surface area contributed by atoms with Gasteiger partial charge in [0.15, 0.2) is 12.3 Å². The van der Waals surface area contributed by atoms with Crippen LogP contribution in [0, 0.1) is 6.92 Å². The van der Waals surface area contributed by atoms with Gasteiger partial charge in [-0.15, -0.1) is 0 Å². The summed E-state index contributed by atoms with van der Waals surface area (Å²) in [6.07, 6.45) is 1.51. The van der Waals surface area contributed by atoms with Crippen LogP contribution in [0.15, 0.2) is 47.1 Å². The van der Waals surface area contributed by atoms with E-state index >= 15 is 0 Å². The van der Waals surface area contributed by atoms with Gasteiger partial charge in [0.2, 0.25) is 0 Å². The molecule has 0 unspecified atom stereocenters. The van der Waals surface area contributed by atoms with Crippen molar-refractivity contribution in [3.8, 4) is 0 Å². The van der Waals surface area contributed by atoms with E-state index in [1.807, 2.05) is 31.2 Å². The lowest BCUT2D eigenvalue weighted by molar-refractivity contribution is -0.896. The molecular formula is C19H24N3O3+. The monoisotopic (exact) mass is 342 g/mol. The van der Waals surface area contributed by atoms with E-state index in [4.69, 9.17) is 4.42 Å². The molecule has 2 N–H and O–H groups in total. The van der Waals surface area contributed by atoms with Gasteiger partial charge in [-0.3, -0.25) is 9.59 Å². The van der Waals surface area contributed by atoms with Gasteiger partial charge in [0.05, 0.1) is 32.4 Å². The molecule has 0 saturated carbocycles. The first-order chi connectivity index (χ1) is 12.1. The summed E-state index contributed by atoms with van der Waals surface area (Å²) >= 11 is 0. The van der Waals surface area contributed by atoms with Crippen molar-refractivity contribution in [2.45, 2.75) is 13.5 Å². The van der Waals surface area contributed by atoms with Crippen LogP contribution >= 0.6 is 0 Å². The average molecular weight is 342 g/mol. The second-order valence-electron chi connectivity index (χ2n) is 6.40. The minimum Gasteiger partial charge on any atom is -0.459 e. The number of hydrogen-bond acceptors (Lipinski definition) is 3. The van der Waals surface area contributed by atoms with Crippen molar-refractivity contribution in [3.05, 3.63) is 59.5 Å². The number of carbonyl (C=O) groups excluding carboxylic acids is 2. The van der Waals surface area contributed by atoms with E-state index in [-0.39, 0.29) is 11.8 Å². The van der Waals surface area contributed by atoms with Crippen molar-refractivity contribution in [2.75, 3.05) is 32.7 Å². The van der Waals surface area contributed by atoms with Gasteiger partial charge in [0.25, 0.3) is 11.8 Å². The quantitative estimate of drug-likeness (QED) is 0.818. The highest BCUT2D eigenvalue weighted by molar-refractivity contribution is 5.91. The number of nitrogens with one attached hydrogen (secondary N) is 2. The Morgan fingerprint density at radius 2 is 1.92 bits per heavy atom. The van der Waals surface area contributed by atoms with Crippen molar-refractivity contribution in [2.24, 2.45) is 0 Å². The van der Waals surface area contributed by atoms with Crippen LogP contribution in [0.5, 0.6) is 0 Å². The molecule has 2 amide bonds. The standard InChI is InChI=1S/C19H23N3O3/c1-15-5-2-3-6-16(15)13-20-18(23)14-21-8-10-22(11-9-21)19(24)17-7-4-12-25-17/h2-7,12H,8-11,13-14H2,1H3,(H,20,23)/p+1. The van der Waals surface area contributed by atoms with Crippen LogP contribution in [-0.4, -0.2) is 49.4 Å². The van der Waals surface area contributed by atoms with Gasteiger partial charge in [-0.05, 0) is 30.2 Å². The first-order valence-electron chi connectivity index (χ1n) is 8.61. The molecule has 1 aromatic heterocycles. The smallest absolute Gasteiger partial charge is 0.289 e. The van der Waals surface area contributed by atoms with E-state index in [1.54, 1.807) is 17.0 Å². The van der Waals surface area contributed by atoms with Gasteiger partial charge in [-0.1, -0.05) is 24.3 Å². The Kier molecular flexibility index (Phi) is 5.50. The summed E-state index contributed by atoms with van der Waals surface area (Å²) < 4.78 is 5.16. The summed E-state index contributed by atoms with van der Waals surface area (Å²) in [5.74, 6) is 0.344. The average Bonchev–Trinajstić information content (AvgIpc) is 3.16. The highest BCUT2D eigenvalue weighted by atomic mass is 16.3. The van der Waals surface area contributed by atoms with Gasteiger partial charge in [0, 0.05) is 6.54 Å². The second-order valence-corrected chi connectivity index (χ2v) is 6.40. The lowest BCUT2D eigenvalue weighted by Gasteiger charge is -2.31. The molecule has 2 heterocycles. The van der Waals surface area contributed by atoms with Crippen molar-refractivity contribution in [1.82, 2.24) is 10.2 Å². The Morgan fingerprint density at radius 3 is 2.60 bits per heavy atom. The molecule has 3 rings (SSSR count). The molecule has 0 aliphatic carbocycles. The second kappa shape index (κ2) is 7.98. The fourth-order valence-corrected chi connectivity index (χ4v) is 3.05. The number of nitrogens with zero attached hydrogens (tertiary/aromatic N) is 1. The zero-order valence-corrected chi connectivity index (χ0v) is 14.5. The number of amides is 2. The highest BCUT2D eigenvalue weighted by Crippen LogP contribution is 2.06. The SMILES string of the molecule is Cc1ccccc1CNC(=O)C[NH+]1CCN(C(=O)c2ccco2)CC1. The molecule has 132 valence electrons. The van der Waals surface area contributed by atoms with Gasteiger partial charge < -0.3 is 19.5 Å². The van der Waals surface area contributed by atoms with Crippen molar-refractivity contribution < 1.29 is 18.9 Å². The molecule has 0 radical (unpaired) electrons. The predicted octanol–water partition coefficient (Wildman–Crippen LogP) is 0.245. The molecule has 1 aromatic carbocycles. The molecule has 25 heavy (non-hydrogen) atoms. The van der Waals surface area contributed by atoms with E-state index in [1.165, 1.54) is 16.7 Å². The normalized spacial score (nSPS) is 15.2. The lowest BCUT2D eigenvalue weighted by atomic mass is 10.1. The Morgan fingerprint density at radius 1 is 1.16 bits per heavy atom. The molecule has 0 bridgehead atoms. The van der Waals surface area contributed by atoms with Crippen LogP contribution in [0.25, 0.3) is 0 Å². The number of hydrogen-bond donors (Lipinski definition) is 2. The zero-order valence-electron chi connectivity index (χ0n) is 14.5. The topological polar surface area (TPSA) is 67.0 Å². The molecule has 1 saturated heterocycles. The van der Waals surface area contributed by atoms with Gasteiger partial charge in [-0.2, -0.15) is 0 Å². The first-order valence-corrected chi connectivity index (χ1v) is 8.61. The number of benzene rings is 1. The van der Waals surface area contributed by atoms with E-state index in [2.05, 4.69) is 5.32 Å². The number of quaternary nitrogens is 1. The molecule has 0 atom stereocenters. The zero-order chi connectivity index (χ0) is 17.6. The number of furan rings is 1. The maximum absolute atomic E-state index is 12.2. The van der Waals surface area contributed by atoms with Crippen LogP contribution in [0.3, 0.4) is 0 Å². The number of carbonyl (C=O) groups is 2. The molecule has 1 fully saturated rings. The highest BCUT2D eigenvalue weighted by Gasteiger charge is 2.26. The van der Waals surface area contributed by atoms with E-state index < -0.39 is 0 Å². The molecule has 6 nitrogen and oxygen atoms in total. The van der Waals surface area contributed by atoms with Crippen molar-refractivity contribution in [3.63, 3.8) is 0 Å². The van der Waals surface area contributed by atoms with Crippen molar-refractivity contribution >= 4 is 11.8 Å². The van der Waals surface area contributed by atoms with Crippen LogP contribution in [0.4, 0.5) is 0 Å². The number of piperazine rings is 1. The summed E-state index contributed by atoms with van der Waals surface area (Å²) in [6.45, 7) is 5.85. The van der Waals surface area contributed by atoms with Crippen LogP contribution in [0.2, 0.25) is 0 Å². The van der Waals surface area contributed by atoms with Crippen LogP contribution < -0.4 is 10.2 Å². The third kappa shape index (κ3) is 4.48. The Labute approximate surface area is 147 Å². The Bertz CT molecular complexity index is 719. The largest absolute Gasteiger partial charge is 0.459 e. The van der Waals surface area contributed by atoms with Crippen LogP contribution in [-0.2, 0) is 11.3 Å². The van der Waals surface area contributed by atoms with Crippen molar-refractivity contribution in [1.29, 1.82) is 0 Å². The van der Waals surface area contributed by atoms with E-state index in [9.17, 15) is 9.59 Å². The summed E-state index contributed by atoms with van der Waals surface area (Å²) in [6, 6.07) is 11.4. The fraction of sp³-hybridized carbons (Fsp3) is 0.368. The third-order valence-corrected chi connectivity index (χ3v) is 4.64. The molecule has 0 spiro atoms. The maximum Gasteiger partial charge on any atom is 0.289 e. The molecule has 6 heteroatoms. The fourth-order valence-electron chi connectivity index (χ4n) is 3.05. The third-order valence-electron chi connectivity index (χ3n) is 4.64. The molecular weight excluding hydrogens is 318 g/mol. The van der Waals surface area contributed by atoms with Gasteiger partial charge in [0.1, 0.15) is 0 Å². The molecule has 1 aliphatic rings. The lowest BCUT2D eigenvalue weighted by Crippen LogP contribution is -3.15. The molecule has 2 aromatic rings. The van der Waals surface area contributed by atoms with Gasteiger partial charge >= 0.3 is 0 Å². The Hall–Kier alpha value is -2.60. The first kappa shape index (κ1) is 17.2. The predicted molar refractivity (Wildman–Crippen MR) is 93.2 cm³/mol. The van der Waals surface area contributed by atoms with E-state index in [0.717, 1.165) is 18.7 Å². The van der Waals surface area contributed by atoms with Gasteiger partial charge in [-0.25, -0.2) is 0 Å².